The molecule has 5 nitrogen and oxygen atoms in total. The highest BCUT2D eigenvalue weighted by molar-refractivity contribution is 5.85. The number of hydrogen-bond acceptors (Lipinski definition) is 5. The van der Waals surface area contributed by atoms with Gasteiger partial charge < -0.3 is 14.3 Å². The lowest BCUT2D eigenvalue weighted by molar-refractivity contribution is -0.147. The van der Waals surface area contributed by atoms with Crippen molar-refractivity contribution in [1.82, 2.24) is 4.98 Å². The van der Waals surface area contributed by atoms with Crippen LogP contribution in [0.15, 0.2) is 10.6 Å². The molecule has 190 valence electrons. The van der Waals surface area contributed by atoms with Crippen LogP contribution in [0.5, 0.6) is 0 Å². The van der Waals surface area contributed by atoms with E-state index in [2.05, 4.69) is 32.7 Å². The predicted molar refractivity (Wildman–Crippen MR) is 131 cm³/mol. The predicted octanol–water partition coefficient (Wildman–Crippen LogP) is 6.44. The maximum atomic E-state index is 12.0. The molecule has 34 heavy (non-hydrogen) atoms. The molecule has 9 atom stereocenters. The van der Waals surface area contributed by atoms with Gasteiger partial charge in [0.25, 0.3) is 0 Å². The molecule has 4 fully saturated rings. The summed E-state index contributed by atoms with van der Waals surface area (Å²) in [6.07, 6.45) is 13.4. The van der Waals surface area contributed by atoms with Crippen molar-refractivity contribution >= 4 is 5.97 Å². The fraction of sp³-hybridized carbons (Fsp3) is 0.862. The zero-order valence-corrected chi connectivity index (χ0v) is 21.9. The Balaban J connectivity index is 1.29. The molecular weight excluding hydrogens is 426 g/mol. The molecular formula is C29H45NO4. The summed E-state index contributed by atoms with van der Waals surface area (Å²) >= 11 is 0. The third kappa shape index (κ3) is 3.94. The molecule has 4 saturated carbocycles. The minimum atomic E-state index is -0.457. The number of aliphatic hydroxyl groups is 1. The molecule has 0 aromatic carbocycles. The van der Waals surface area contributed by atoms with Gasteiger partial charge >= 0.3 is 5.97 Å². The van der Waals surface area contributed by atoms with Crippen LogP contribution in [0.3, 0.4) is 0 Å². The molecule has 0 saturated heterocycles. The number of aromatic nitrogens is 1. The number of hydrogen-bond donors (Lipinski definition) is 1. The summed E-state index contributed by atoms with van der Waals surface area (Å²) < 4.78 is 10.8. The van der Waals surface area contributed by atoms with E-state index in [1.807, 2.05) is 0 Å². The monoisotopic (exact) mass is 471 g/mol. The van der Waals surface area contributed by atoms with Gasteiger partial charge in [-0.15, -0.1) is 0 Å². The van der Waals surface area contributed by atoms with Crippen LogP contribution in [0.4, 0.5) is 0 Å². The van der Waals surface area contributed by atoms with E-state index in [0.29, 0.717) is 41.1 Å². The number of rotatable bonds is 5. The molecule has 1 N–H and O–H groups in total. The van der Waals surface area contributed by atoms with Crippen molar-refractivity contribution in [3.63, 3.8) is 0 Å². The summed E-state index contributed by atoms with van der Waals surface area (Å²) in [4.78, 5) is 16.4. The van der Waals surface area contributed by atoms with Crippen LogP contribution in [0.1, 0.15) is 109 Å². The summed E-state index contributed by atoms with van der Waals surface area (Å²) in [7, 11) is 0. The molecule has 4 aliphatic rings. The van der Waals surface area contributed by atoms with Crippen molar-refractivity contribution in [2.24, 2.45) is 46.3 Å². The second-order valence-corrected chi connectivity index (χ2v) is 13.1. The van der Waals surface area contributed by atoms with Gasteiger partial charge in [0.15, 0.2) is 5.89 Å². The molecule has 5 rings (SSSR count). The van der Waals surface area contributed by atoms with Crippen molar-refractivity contribution in [3.05, 3.63) is 17.8 Å². The number of esters is 1. The fourth-order valence-electron chi connectivity index (χ4n) is 9.53. The molecule has 0 unspecified atom stereocenters. The minimum Gasteiger partial charge on any atom is -0.460 e. The van der Waals surface area contributed by atoms with E-state index in [-0.39, 0.29) is 5.76 Å². The molecule has 0 bridgehead atoms. The number of nitrogens with zero attached hydrogens (tertiary/aromatic N) is 1. The fourth-order valence-corrected chi connectivity index (χ4v) is 9.53. The Morgan fingerprint density at radius 2 is 1.88 bits per heavy atom. The third-order valence-electron chi connectivity index (χ3n) is 11.2. The highest BCUT2D eigenvalue weighted by atomic mass is 16.5. The van der Waals surface area contributed by atoms with Crippen LogP contribution in [0.25, 0.3) is 0 Å². The first-order chi connectivity index (χ1) is 16.1. The van der Waals surface area contributed by atoms with E-state index in [9.17, 15) is 9.90 Å². The second kappa shape index (κ2) is 8.64. The van der Waals surface area contributed by atoms with Crippen LogP contribution in [-0.2, 0) is 11.2 Å². The summed E-state index contributed by atoms with van der Waals surface area (Å²) in [5, 5.41) is 10.8. The first-order valence-electron chi connectivity index (χ1n) is 13.9. The average molecular weight is 472 g/mol. The summed E-state index contributed by atoms with van der Waals surface area (Å²) in [6.45, 7) is 11.7. The highest BCUT2D eigenvalue weighted by Gasteiger charge is 2.61. The Kier molecular flexibility index (Phi) is 6.18. The van der Waals surface area contributed by atoms with Gasteiger partial charge in [-0.25, -0.2) is 9.78 Å². The largest absolute Gasteiger partial charge is 0.460 e. The molecule has 5 heteroatoms. The zero-order valence-electron chi connectivity index (χ0n) is 21.9. The van der Waals surface area contributed by atoms with Crippen molar-refractivity contribution in [3.8, 4) is 0 Å². The molecule has 0 spiro atoms. The standard InChI is InChI=1S/C29H45NO4/c1-6-33-26(31)24-17-30-25(34-24)15-18(2)21-9-10-22-20-8-7-19-16-27(3,32)13-14-28(19,4)23(20)11-12-29(21,22)5/h17-23,32H,6-16H2,1-5H3/t18-,19-,20+,21-,22+,23+,27-,28+,29-/m1/s1. The van der Waals surface area contributed by atoms with Crippen LogP contribution >= 0.6 is 0 Å². The molecule has 4 aliphatic carbocycles. The van der Waals surface area contributed by atoms with E-state index in [4.69, 9.17) is 9.15 Å². The lowest BCUT2D eigenvalue weighted by atomic mass is 9.43. The molecule has 0 aliphatic heterocycles. The van der Waals surface area contributed by atoms with Crippen LogP contribution in [0, 0.1) is 46.3 Å². The molecule has 1 heterocycles. The normalized spacial score (nSPS) is 44.6. The molecule has 1 aromatic heterocycles. The van der Waals surface area contributed by atoms with Crippen molar-refractivity contribution < 1.29 is 19.1 Å². The Morgan fingerprint density at radius 3 is 2.65 bits per heavy atom. The van der Waals surface area contributed by atoms with Gasteiger partial charge in [0, 0.05) is 6.42 Å². The first-order valence-corrected chi connectivity index (χ1v) is 13.9. The van der Waals surface area contributed by atoms with Crippen LogP contribution in [-0.4, -0.2) is 28.3 Å². The number of ether oxygens (including phenoxy) is 1. The number of fused-ring (bicyclic) bond motifs is 5. The summed E-state index contributed by atoms with van der Waals surface area (Å²) in [5.41, 5.74) is 0.347. The smallest absolute Gasteiger partial charge is 0.375 e. The van der Waals surface area contributed by atoms with E-state index < -0.39 is 11.6 Å². The second-order valence-electron chi connectivity index (χ2n) is 13.1. The lowest BCUT2D eigenvalue weighted by Gasteiger charge is -2.62. The van der Waals surface area contributed by atoms with Gasteiger partial charge in [0.1, 0.15) is 0 Å². The van der Waals surface area contributed by atoms with Crippen LogP contribution in [0.2, 0.25) is 0 Å². The SMILES string of the molecule is CCOC(=O)c1cnc(C[C@@H](C)[C@H]2CC[C@H]3[C@@H]4CC[C@@H]5C[C@](C)(O)CC[C@]5(C)[C@H]4CC[C@]23C)o1. The number of carbonyl (C=O) groups is 1. The topological polar surface area (TPSA) is 72.6 Å². The van der Waals surface area contributed by atoms with E-state index in [1.165, 1.54) is 51.1 Å². The van der Waals surface area contributed by atoms with Gasteiger partial charge in [-0.2, -0.15) is 0 Å². The first kappa shape index (κ1) is 24.3. The van der Waals surface area contributed by atoms with E-state index in [1.54, 1.807) is 6.92 Å². The molecule has 0 amide bonds. The summed E-state index contributed by atoms with van der Waals surface area (Å²) in [5.74, 6) is 4.80. The van der Waals surface area contributed by atoms with Gasteiger partial charge in [0.2, 0.25) is 5.76 Å². The Morgan fingerprint density at radius 1 is 1.12 bits per heavy atom. The van der Waals surface area contributed by atoms with Crippen molar-refractivity contribution in [2.45, 2.75) is 104 Å². The van der Waals surface area contributed by atoms with Gasteiger partial charge in [0.05, 0.1) is 18.4 Å². The highest BCUT2D eigenvalue weighted by Crippen LogP contribution is 2.68. The average Bonchev–Trinajstić information content (AvgIpc) is 3.38. The summed E-state index contributed by atoms with van der Waals surface area (Å²) in [6, 6.07) is 0. The third-order valence-corrected chi connectivity index (χ3v) is 11.2. The van der Waals surface area contributed by atoms with Gasteiger partial charge in [-0.3, -0.25) is 0 Å². The van der Waals surface area contributed by atoms with Gasteiger partial charge in [-0.1, -0.05) is 20.8 Å². The van der Waals surface area contributed by atoms with Crippen molar-refractivity contribution in [1.29, 1.82) is 0 Å². The molecule has 1 aromatic rings. The maximum Gasteiger partial charge on any atom is 0.375 e. The van der Waals surface area contributed by atoms with E-state index >= 15 is 0 Å². The van der Waals surface area contributed by atoms with Crippen molar-refractivity contribution in [2.75, 3.05) is 6.61 Å². The van der Waals surface area contributed by atoms with E-state index in [0.717, 1.165) is 37.0 Å². The Hall–Kier alpha value is -1.36. The lowest BCUT2D eigenvalue weighted by Crippen LogP contribution is -2.55. The zero-order chi connectivity index (χ0) is 24.3. The molecule has 0 radical (unpaired) electrons. The number of carbonyl (C=O) groups excluding carboxylic acids is 1. The minimum absolute atomic E-state index is 0.219. The van der Waals surface area contributed by atoms with Gasteiger partial charge in [-0.05, 0) is 118 Å². The Bertz CT molecular complexity index is 908. The van der Waals surface area contributed by atoms with Crippen LogP contribution < -0.4 is 0 Å². The maximum absolute atomic E-state index is 12.0. The Labute approximate surface area is 205 Å². The number of oxazole rings is 1. The quantitative estimate of drug-likeness (QED) is 0.500.